The number of hydrogen-bond donors (Lipinski definition) is 0. The summed E-state index contributed by atoms with van der Waals surface area (Å²) in [5.41, 5.74) is 1.55. The molecule has 4 aromatic rings. The number of thioether (sulfide) groups is 1. The molecule has 0 unspecified atom stereocenters. The summed E-state index contributed by atoms with van der Waals surface area (Å²) in [4.78, 5) is 22.3. The standard InChI is InChI=1S/C24H26N4O3S/c1-3-5-8-15-28-23(29)19-9-6-7-10-20(19)25-24(28)32-16-21-26-22(27-31-21)17-11-13-18(14-12-17)30-4-2/h6-7,9-14H,3-5,8,15-16H2,1-2H3. The van der Waals surface area contributed by atoms with Gasteiger partial charge in [0.1, 0.15) is 5.75 Å². The minimum absolute atomic E-state index is 0.00481. The summed E-state index contributed by atoms with van der Waals surface area (Å²) >= 11 is 1.44. The lowest BCUT2D eigenvalue weighted by atomic mass is 10.2. The summed E-state index contributed by atoms with van der Waals surface area (Å²) < 4.78 is 12.7. The lowest BCUT2D eigenvalue weighted by Gasteiger charge is -2.12. The highest BCUT2D eigenvalue weighted by Gasteiger charge is 2.14. The minimum Gasteiger partial charge on any atom is -0.494 e. The molecule has 2 aromatic heterocycles. The van der Waals surface area contributed by atoms with E-state index in [0.29, 0.717) is 46.7 Å². The Morgan fingerprint density at radius 1 is 1.03 bits per heavy atom. The van der Waals surface area contributed by atoms with Crippen molar-refractivity contribution in [3.8, 4) is 17.1 Å². The molecule has 32 heavy (non-hydrogen) atoms. The zero-order valence-corrected chi connectivity index (χ0v) is 19.1. The van der Waals surface area contributed by atoms with E-state index in [1.165, 1.54) is 11.8 Å². The number of unbranched alkanes of at least 4 members (excludes halogenated alkanes) is 2. The average Bonchev–Trinajstić information content (AvgIpc) is 3.29. The number of fused-ring (bicyclic) bond motifs is 1. The second kappa shape index (κ2) is 10.5. The maximum absolute atomic E-state index is 13.1. The minimum atomic E-state index is -0.00481. The zero-order chi connectivity index (χ0) is 22.3. The van der Waals surface area contributed by atoms with Crippen LogP contribution in [0.5, 0.6) is 5.75 Å². The van der Waals surface area contributed by atoms with Crippen LogP contribution in [0.4, 0.5) is 0 Å². The summed E-state index contributed by atoms with van der Waals surface area (Å²) in [6, 6.07) is 15.0. The van der Waals surface area contributed by atoms with Gasteiger partial charge in [-0.2, -0.15) is 4.98 Å². The Labute approximate surface area is 190 Å². The summed E-state index contributed by atoms with van der Waals surface area (Å²) in [5, 5.41) is 5.41. The fraction of sp³-hybridized carbons (Fsp3) is 0.333. The Kier molecular flexibility index (Phi) is 7.21. The van der Waals surface area contributed by atoms with E-state index in [4.69, 9.17) is 14.2 Å². The van der Waals surface area contributed by atoms with E-state index in [1.54, 1.807) is 4.57 Å². The molecule has 2 aromatic carbocycles. The van der Waals surface area contributed by atoms with Crippen LogP contribution in [0.15, 0.2) is 63.0 Å². The SMILES string of the molecule is CCCCCn1c(SCc2nc(-c3ccc(OCC)cc3)no2)nc2ccccc2c1=O. The van der Waals surface area contributed by atoms with Gasteiger partial charge in [0.05, 0.1) is 23.3 Å². The molecular formula is C24H26N4O3S. The van der Waals surface area contributed by atoms with Crippen LogP contribution < -0.4 is 10.3 Å². The lowest BCUT2D eigenvalue weighted by molar-refractivity contribution is 0.340. The molecular weight excluding hydrogens is 424 g/mol. The molecule has 166 valence electrons. The second-order valence-corrected chi connectivity index (χ2v) is 8.28. The van der Waals surface area contributed by atoms with Crippen LogP contribution in [0.3, 0.4) is 0 Å². The van der Waals surface area contributed by atoms with Gasteiger partial charge in [-0.1, -0.05) is 48.8 Å². The van der Waals surface area contributed by atoms with Gasteiger partial charge in [-0.25, -0.2) is 4.98 Å². The first kappa shape index (κ1) is 22.1. The monoisotopic (exact) mass is 450 g/mol. The van der Waals surface area contributed by atoms with Gasteiger partial charge in [0, 0.05) is 12.1 Å². The normalized spacial score (nSPS) is 11.2. The Morgan fingerprint density at radius 3 is 2.62 bits per heavy atom. The first-order chi connectivity index (χ1) is 15.7. The number of ether oxygens (including phenoxy) is 1. The number of rotatable bonds is 10. The van der Waals surface area contributed by atoms with Gasteiger partial charge in [0.25, 0.3) is 5.56 Å². The van der Waals surface area contributed by atoms with Crippen molar-refractivity contribution in [3.63, 3.8) is 0 Å². The molecule has 4 rings (SSSR count). The van der Waals surface area contributed by atoms with Crippen LogP contribution in [-0.2, 0) is 12.3 Å². The Balaban J connectivity index is 1.53. The molecule has 0 fully saturated rings. The molecule has 8 heteroatoms. The third-order valence-corrected chi connectivity index (χ3v) is 5.99. The molecule has 2 heterocycles. The Hall–Kier alpha value is -3.13. The number of para-hydroxylation sites is 1. The number of benzene rings is 2. The fourth-order valence-electron chi connectivity index (χ4n) is 3.40. The van der Waals surface area contributed by atoms with E-state index < -0.39 is 0 Å². The van der Waals surface area contributed by atoms with Crippen LogP contribution in [-0.4, -0.2) is 26.3 Å². The van der Waals surface area contributed by atoms with Crippen LogP contribution in [0.1, 0.15) is 39.0 Å². The van der Waals surface area contributed by atoms with Gasteiger partial charge in [-0.15, -0.1) is 0 Å². The summed E-state index contributed by atoms with van der Waals surface area (Å²) in [6.07, 6.45) is 3.10. The molecule has 0 bridgehead atoms. The fourth-order valence-corrected chi connectivity index (χ4v) is 4.26. The third-order valence-electron chi connectivity index (χ3n) is 5.03. The van der Waals surface area contributed by atoms with Crippen molar-refractivity contribution < 1.29 is 9.26 Å². The first-order valence-corrected chi connectivity index (χ1v) is 11.9. The van der Waals surface area contributed by atoms with Gasteiger partial charge >= 0.3 is 0 Å². The number of hydrogen-bond acceptors (Lipinski definition) is 7. The predicted molar refractivity (Wildman–Crippen MR) is 126 cm³/mol. The molecule has 0 N–H and O–H groups in total. The first-order valence-electron chi connectivity index (χ1n) is 10.9. The Bertz CT molecular complexity index is 1230. The van der Waals surface area contributed by atoms with E-state index in [-0.39, 0.29) is 5.56 Å². The second-order valence-electron chi connectivity index (χ2n) is 7.33. The van der Waals surface area contributed by atoms with Crippen molar-refractivity contribution in [2.75, 3.05) is 6.61 Å². The molecule has 0 aliphatic carbocycles. The zero-order valence-electron chi connectivity index (χ0n) is 18.3. The smallest absolute Gasteiger partial charge is 0.262 e. The van der Waals surface area contributed by atoms with Crippen molar-refractivity contribution in [2.45, 2.75) is 50.6 Å². The molecule has 0 amide bonds. The topological polar surface area (TPSA) is 83.0 Å². The van der Waals surface area contributed by atoms with Crippen molar-refractivity contribution in [3.05, 3.63) is 64.8 Å². The molecule has 0 radical (unpaired) electrons. The highest BCUT2D eigenvalue weighted by Crippen LogP contribution is 2.24. The molecule has 0 spiro atoms. The summed E-state index contributed by atoms with van der Waals surface area (Å²) in [7, 11) is 0. The molecule has 0 aliphatic rings. The van der Waals surface area contributed by atoms with Crippen LogP contribution in [0.25, 0.3) is 22.3 Å². The highest BCUT2D eigenvalue weighted by atomic mass is 32.2. The van der Waals surface area contributed by atoms with Gasteiger partial charge < -0.3 is 9.26 Å². The highest BCUT2D eigenvalue weighted by molar-refractivity contribution is 7.98. The molecule has 0 atom stereocenters. The average molecular weight is 451 g/mol. The van der Waals surface area contributed by atoms with Gasteiger partial charge in [0.15, 0.2) is 5.16 Å². The third kappa shape index (κ3) is 5.02. The van der Waals surface area contributed by atoms with E-state index >= 15 is 0 Å². The van der Waals surface area contributed by atoms with Gasteiger partial charge in [-0.3, -0.25) is 9.36 Å². The van der Waals surface area contributed by atoms with Crippen molar-refractivity contribution >= 4 is 22.7 Å². The predicted octanol–water partition coefficient (Wildman–Crippen LogP) is 5.33. The maximum atomic E-state index is 13.1. The van der Waals surface area contributed by atoms with Crippen LogP contribution in [0.2, 0.25) is 0 Å². The summed E-state index contributed by atoms with van der Waals surface area (Å²) in [5.74, 6) is 2.25. The Morgan fingerprint density at radius 2 is 1.84 bits per heavy atom. The largest absolute Gasteiger partial charge is 0.494 e. The van der Waals surface area contributed by atoms with E-state index in [1.807, 2.05) is 55.5 Å². The van der Waals surface area contributed by atoms with Crippen molar-refractivity contribution in [2.24, 2.45) is 0 Å². The van der Waals surface area contributed by atoms with E-state index in [2.05, 4.69) is 17.1 Å². The maximum Gasteiger partial charge on any atom is 0.262 e. The molecule has 0 saturated heterocycles. The van der Waals surface area contributed by atoms with Gasteiger partial charge in [-0.05, 0) is 49.7 Å². The molecule has 7 nitrogen and oxygen atoms in total. The van der Waals surface area contributed by atoms with Crippen LogP contribution in [0, 0.1) is 0 Å². The molecule has 0 saturated carbocycles. The van der Waals surface area contributed by atoms with Crippen LogP contribution >= 0.6 is 11.8 Å². The lowest BCUT2D eigenvalue weighted by Crippen LogP contribution is -2.23. The van der Waals surface area contributed by atoms with E-state index in [9.17, 15) is 4.79 Å². The number of nitrogens with zero attached hydrogens (tertiary/aromatic N) is 4. The van der Waals surface area contributed by atoms with Gasteiger partial charge in [0.2, 0.25) is 11.7 Å². The van der Waals surface area contributed by atoms with E-state index in [0.717, 1.165) is 30.6 Å². The van der Waals surface area contributed by atoms with Crippen molar-refractivity contribution in [1.82, 2.24) is 19.7 Å². The summed E-state index contributed by atoms with van der Waals surface area (Å²) in [6.45, 7) is 5.36. The number of aromatic nitrogens is 4. The van der Waals surface area contributed by atoms with Crippen molar-refractivity contribution in [1.29, 1.82) is 0 Å². The quantitative estimate of drug-likeness (QED) is 0.183. The molecule has 0 aliphatic heterocycles.